The van der Waals surface area contributed by atoms with Gasteiger partial charge in [0.25, 0.3) is 0 Å². The van der Waals surface area contributed by atoms with Crippen LogP contribution in [0.1, 0.15) is 0 Å². The first-order chi connectivity index (χ1) is 10.9. The van der Waals surface area contributed by atoms with E-state index in [9.17, 15) is 0 Å². The van der Waals surface area contributed by atoms with E-state index in [-0.39, 0.29) is 0 Å². The fourth-order valence-electron chi connectivity index (χ4n) is 2.40. The summed E-state index contributed by atoms with van der Waals surface area (Å²) < 4.78 is 0. The highest BCUT2D eigenvalue weighted by molar-refractivity contribution is 8.07. The summed E-state index contributed by atoms with van der Waals surface area (Å²) in [5, 5.41) is 1.66. The van der Waals surface area contributed by atoms with Crippen LogP contribution in [0.3, 0.4) is 0 Å². The third kappa shape index (κ3) is 3.66. The van der Waals surface area contributed by atoms with Gasteiger partial charge < -0.3 is 0 Å². The maximum Gasteiger partial charge on any atom is 0.0276 e. The van der Waals surface area contributed by atoms with Gasteiger partial charge in [-0.15, -0.1) is 23.5 Å². The van der Waals surface area contributed by atoms with E-state index in [1.54, 1.807) is 0 Å². The van der Waals surface area contributed by atoms with E-state index in [0.29, 0.717) is 0 Å². The number of hydrogen-bond donors (Lipinski definition) is 0. The Morgan fingerprint density at radius 2 is 0.955 bits per heavy atom. The highest BCUT2D eigenvalue weighted by Gasteiger charge is 2.19. The third-order valence-corrected chi connectivity index (χ3v) is 9.68. The summed E-state index contributed by atoms with van der Waals surface area (Å²) in [6.45, 7) is 0. The van der Waals surface area contributed by atoms with Crippen LogP contribution in [0.15, 0.2) is 58.3 Å². The van der Waals surface area contributed by atoms with E-state index in [2.05, 4.69) is 72.1 Å². The minimum Gasteiger partial charge on any atom is -0.160 e. The number of rotatable bonds is 5. The van der Waals surface area contributed by atoms with Crippen LogP contribution in [0, 0.1) is 0 Å². The molecule has 0 spiro atoms. The average molecular weight is 363 g/mol. The third-order valence-electron chi connectivity index (χ3n) is 3.86. The lowest BCUT2D eigenvalue weighted by molar-refractivity contribution is 1.08. The average Bonchev–Trinajstić information content (AvgIpc) is 2.48. The largest absolute Gasteiger partial charge is 0.160 e. The number of hydrogen-bond acceptors (Lipinski definition) is 4. The SMILES string of the molecule is c1cc(-c2ccc(SC3CSC3)cc2)ccc1SC1CSC1. The Balaban J connectivity index is 1.41. The summed E-state index contributed by atoms with van der Waals surface area (Å²) in [4.78, 5) is 2.81. The van der Waals surface area contributed by atoms with E-state index < -0.39 is 0 Å². The normalized spacial score (nSPS) is 18.7. The van der Waals surface area contributed by atoms with Gasteiger partial charge in [0.1, 0.15) is 0 Å². The van der Waals surface area contributed by atoms with Gasteiger partial charge in [-0.2, -0.15) is 23.5 Å². The number of benzene rings is 2. The molecule has 4 heteroatoms. The minimum atomic E-state index is 0.830. The molecule has 0 bridgehead atoms. The fraction of sp³-hybridized carbons (Fsp3) is 0.333. The van der Waals surface area contributed by atoms with Gasteiger partial charge in [-0.05, 0) is 35.4 Å². The van der Waals surface area contributed by atoms with Gasteiger partial charge in [-0.1, -0.05) is 24.3 Å². The molecule has 0 N–H and O–H groups in total. The molecular weight excluding hydrogens is 344 g/mol. The molecule has 0 amide bonds. The maximum absolute atomic E-state index is 2.28. The van der Waals surface area contributed by atoms with Crippen LogP contribution in [0.2, 0.25) is 0 Å². The standard InChI is InChI=1S/C18H18S4/c1-5-15(21-17-9-19-10-17)6-2-13(1)14-3-7-16(8-4-14)22-18-11-20-12-18/h1-8,17-18H,9-12H2. The van der Waals surface area contributed by atoms with Gasteiger partial charge in [-0.3, -0.25) is 0 Å². The Morgan fingerprint density at radius 3 is 1.23 bits per heavy atom. The Bertz CT molecular complexity index is 555. The van der Waals surface area contributed by atoms with Crippen LogP contribution >= 0.6 is 47.0 Å². The van der Waals surface area contributed by atoms with Crippen molar-refractivity contribution in [3.05, 3.63) is 48.5 Å². The molecule has 0 radical (unpaired) electrons. The van der Waals surface area contributed by atoms with Crippen molar-refractivity contribution >= 4 is 47.0 Å². The van der Waals surface area contributed by atoms with Crippen molar-refractivity contribution in [2.75, 3.05) is 23.0 Å². The van der Waals surface area contributed by atoms with E-state index in [1.807, 2.05) is 23.5 Å². The van der Waals surface area contributed by atoms with Crippen molar-refractivity contribution in [3.63, 3.8) is 0 Å². The molecule has 114 valence electrons. The summed E-state index contributed by atoms with van der Waals surface area (Å²) in [5.41, 5.74) is 2.64. The van der Waals surface area contributed by atoms with Gasteiger partial charge in [0.05, 0.1) is 0 Å². The predicted octanol–water partition coefficient (Wildman–Crippen LogP) is 5.77. The molecule has 4 rings (SSSR count). The van der Waals surface area contributed by atoms with Gasteiger partial charge in [-0.25, -0.2) is 0 Å². The zero-order valence-electron chi connectivity index (χ0n) is 12.2. The summed E-state index contributed by atoms with van der Waals surface area (Å²) in [6.07, 6.45) is 0. The number of thioether (sulfide) groups is 4. The molecule has 0 aliphatic carbocycles. The zero-order chi connectivity index (χ0) is 14.8. The van der Waals surface area contributed by atoms with Crippen LogP contribution in [-0.4, -0.2) is 33.5 Å². The van der Waals surface area contributed by atoms with Crippen molar-refractivity contribution in [2.45, 2.75) is 20.3 Å². The quantitative estimate of drug-likeness (QED) is 0.662. The lowest BCUT2D eigenvalue weighted by Gasteiger charge is -2.24. The predicted molar refractivity (Wildman–Crippen MR) is 106 cm³/mol. The maximum atomic E-state index is 2.28. The molecule has 22 heavy (non-hydrogen) atoms. The molecule has 2 aliphatic heterocycles. The highest BCUT2D eigenvalue weighted by Crippen LogP contribution is 2.37. The second kappa shape index (κ2) is 7.16. The van der Waals surface area contributed by atoms with Gasteiger partial charge in [0.15, 0.2) is 0 Å². The Morgan fingerprint density at radius 1 is 0.591 bits per heavy atom. The first-order valence-electron chi connectivity index (χ1n) is 7.56. The molecular formula is C18H18S4. The van der Waals surface area contributed by atoms with E-state index >= 15 is 0 Å². The first-order valence-corrected chi connectivity index (χ1v) is 11.6. The summed E-state index contributed by atoms with van der Waals surface area (Å²) in [7, 11) is 0. The van der Waals surface area contributed by atoms with E-state index in [0.717, 1.165) is 10.5 Å². The van der Waals surface area contributed by atoms with Gasteiger partial charge in [0.2, 0.25) is 0 Å². The van der Waals surface area contributed by atoms with Crippen molar-refractivity contribution in [2.24, 2.45) is 0 Å². The van der Waals surface area contributed by atoms with Gasteiger partial charge >= 0.3 is 0 Å². The van der Waals surface area contributed by atoms with Crippen molar-refractivity contribution in [3.8, 4) is 11.1 Å². The smallest absolute Gasteiger partial charge is 0.0276 e. The molecule has 0 saturated carbocycles. The van der Waals surface area contributed by atoms with E-state index in [4.69, 9.17) is 0 Å². The second-order valence-electron chi connectivity index (χ2n) is 5.60. The van der Waals surface area contributed by atoms with Crippen molar-refractivity contribution in [1.29, 1.82) is 0 Å². The molecule has 0 atom stereocenters. The van der Waals surface area contributed by atoms with E-state index in [1.165, 1.54) is 43.9 Å². The van der Waals surface area contributed by atoms with Crippen LogP contribution in [0.4, 0.5) is 0 Å². The lowest BCUT2D eigenvalue weighted by atomic mass is 10.1. The van der Waals surface area contributed by atoms with Crippen molar-refractivity contribution < 1.29 is 0 Å². The molecule has 2 aromatic rings. The molecule has 0 aromatic heterocycles. The summed E-state index contributed by atoms with van der Waals surface area (Å²) >= 11 is 8.16. The van der Waals surface area contributed by atoms with Crippen LogP contribution in [0.5, 0.6) is 0 Å². The zero-order valence-corrected chi connectivity index (χ0v) is 15.5. The Kier molecular flexibility index (Phi) is 5.01. The second-order valence-corrected chi connectivity index (χ2v) is 10.5. The first kappa shape index (κ1) is 15.4. The monoisotopic (exact) mass is 362 g/mol. The minimum absolute atomic E-state index is 0.830. The molecule has 2 saturated heterocycles. The molecule has 2 heterocycles. The fourth-order valence-corrected chi connectivity index (χ4v) is 6.86. The van der Waals surface area contributed by atoms with Gasteiger partial charge in [0, 0.05) is 43.3 Å². The molecule has 0 unspecified atom stereocenters. The highest BCUT2D eigenvalue weighted by atomic mass is 32.2. The molecule has 0 nitrogen and oxygen atoms in total. The topological polar surface area (TPSA) is 0 Å². The summed E-state index contributed by atoms with van der Waals surface area (Å²) in [6, 6.07) is 18.2. The molecule has 2 aliphatic rings. The van der Waals surface area contributed by atoms with Crippen molar-refractivity contribution in [1.82, 2.24) is 0 Å². The van der Waals surface area contributed by atoms with Crippen LogP contribution < -0.4 is 0 Å². The molecule has 2 aromatic carbocycles. The summed E-state index contributed by atoms with van der Waals surface area (Å²) in [5.74, 6) is 5.24. The van der Waals surface area contributed by atoms with Crippen LogP contribution in [-0.2, 0) is 0 Å². The Labute approximate surface area is 149 Å². The lowest BCUT2D eigenvalue weighted by Crippen LogP contribution is -2.20. The Hall–Kier alpha value is -0.160. The molecule has 2 fully saturated rings. The van der Waals surface area contributed by atoms with Crippen LogP contribution in [0.25, 0.3) is 11.1 Å².